The zero-order valence-electron chi connectivity index (χ0n) is 13.1. The number of carbonyl (C=O) groups excluding carboxylic acids is 2. The van der Waals surface area contributed by atoms with Crippen LogP contribution >= 0.6 is 0 Å². The Kier molecular flexibility index (Phi) is 6.76. The van der Waals surface area contributed by atoms with Gasteiger partial charge in [-0.3, -0.25) is 4.79 Å². The number of nitrogens with zero attached hydrogens (tertiary/aromatic N) is 1. The van der Waals surface area contributed by atoms with E-state index >= 15 is 0 Å². The molecule has 0 N–H and O–H groups in total. The number of methoxy groups -OCH3 is 1. The Bertz CT molecular complexity index is 365. The smallest absolute Gasteiger partial charge is 0.328 e. The summed E-state index contributed by atoms with van der Waals surface area (Å²) in [5.74, 6) is 0.138. The first-order valence-corrected chi connectivity index (χ1v) is 7.61. The number of esters is 1. The Morgan fingerprint density at radius 1 is 1.50 bits per heavy atom. The van der Waals surface area contributed by atoms with E-state index in [9.17, 15) is 9.59 Å². The quantitative estimate of drug-likeness (QED) is 0.673. The van der Waals surface area contributed by atoms with Gasteiger partial charge in [-0.1, -0.05) is 40.0 Å². The Morgan fingerprint density at radius 3 is 2.75 bits per heavy atom. The lowest BCUT2D eigenvalue weighted by molar-refractivity contribution is -0.149. The van der Waals surface area contributed by atoms with Crippen molar-refractivity contribution in [1.82, 2.24) is 4.90 Å². The molecule has 1 rings (SSSR count). The third-order valence-electron chi connectivity index (χ3n) is 4.13. The zero-order valence-corrected chi connectivity index (χ0v) is 13.1. The van der Waals surface area contributed by atoms with E-state index < -0.39 is 0 Å². The number of allylic oxidation sites excluding steroid dienone is 1. The maximum absolute atomic E-state index is 12.1. The molecule has 1 aliphatic rings. The van der Waals surface area contributed by atoms with Gasteiger partial charge in [-0.05, 0) is 18.4 Å². The fourth-order valence-electron chi connectivity index (χ4n) is 2.70. The highest BCUT2D eigenvalue weighted by Crippen LogP contribution is 2.26. The number of ketones is 1. The average Bonchev–Trinajstić information content (AvgIpc) is 2.46. The van der Waals surface area contributed by atoms with Gasteiger partial charge in [0.25, 0.3) is 0 Å². The van der Waals surface area contributed by atoms with Crippen molar-refractivity contribution in [2.24, 2.45) is 5.92 Å². The molecule has 0 aromatic heterocycles. The van der Waals surface area contributed by atoms with Crippen LogP contribution in [0.2, 0.25) is 0 Å². The van der Waals surface area contributed by atoms with Gasteiger partial charge in [-0.25, -0.2) is 4.79 Å². The van der Waals surface area contributed by atoms with E-state index in [0.717, 1.165) is 25.7 Å². The number of hydrogen-bond acceptors (Lipinski definition) is 4. The van der Waals surface area contributed by atoms with Crippen LogP contribution in [0.1, 0.15) is 52.9 Å². The van der Waals surface area contributed by atoms with E-state index in [1.807, 2.05) is 0 Å². The van der Waals surface area contributed by atoms with Crippen LogP contribution in [0.25, 0.3) is 0 Å². The molecule has 0 fully saturated rings. The molecule has 3 atom stereocenters. The predicted octanol–water partition coefficient (Wildman–Crippen LogP) is 2.92. The monoisotopic (exact) mass is 281 g/mol. The molecule has 1 aliphatic heterocycles. The Hall–Kier alpha value is -1.32. The van der Waals surface area contributed by atoms with Crippen LogP contribution in [0.3, 0.4) is 0 Å². The summed E-state index contributed by atoms with van der Waals surface area (Å²) in [6.45, 7) is 6.26. The normalized spacial score (nSPS) is 21.7. The molecule has 0 aliphatic carbocycles. The lowest BCUT2D eigenvalue weighted by Crippen LogP contribution is -2.50. The molecule has 0 unspecified atom stereocenters. The van der Waals surface area contributed by atoms with Gasteiger partial charge in [0.05, 0.1) is 7.11 Å². The zero-order chi connectivity index (χ0) is 15.1. The van der Waals surface area contributed by atoms with E-state index in [1.54, 1.807) is 12.3 Å². The molecule has 0 saturated carbocycles. The minimum atomic E-state index is -0.295. The van der Waals surface area contributed by atoms with Crippen LogP contribution in [0.4, 0.5) is 0 Å². The molecule has 0 spiro atoms. The molecule has 4 heteroatoms. The summed E-state index contributed by atoms with van der Waals surface area (Å²) >= 11 is 0. The highest BCUT2D eigenvalue weighted by molar-refractivity contribution is 5.91. The molecule has 4 nitrogen and oxygen atoms in total. The molecule has 1 heterocycles. The standard InChI is InChI=1S/C16H27NO3/c1-5-7-8-13-11-14(18)9-10-17(13)15(12(3)6-2)16(19)20-4/h9-10,12-13,15H,5-8,11H2,1-4H3/t12-,13-,15-/m0/s1. The highest BCUT2D eigenvalue weighted by atomic mass is 16.5. The SMILES string of the molecule is CCCC[C@H]1CC(=O)C=CN1[C@H](C(=O)OC)[C@@H](C)CC. The summed E-state index contributed by atoms with van der Waals surface area (Å²) in [6, 6.07) is -0.179. The van der Waals surface area contributed by atoms with Crippen molar-refractivity contribution in [3.63, 3.8) is 0 Å². The average molecular weight is 281 g/mol. The van der Waals surface area contributed by atoms with Crippen LogP contribution < -0.4 is 0 Å². The van der Waals surface area contributed by atoms with Gasteiger partial charge in [-0.15, -0.1) is 0 Å². The van der Waals surface area contributed by atoms with E-state index in [1.165, 1.54) is 7.11 Å². The van der Waals surface area contributed by atoms with Crippen molar-refractivity contribution in [3.05, 3.63) is 12.3 Å². The Morgan fingerprint density at radius 2 is 2.20 bits per heavy atom. The summed E-state index contributed by atoms with van der Waals surface area (Å²) in [7, 11) is 1.43. The van der Waals surface area contributed by atoms with Crippen LogP contribution in [0.5, 0.6) is 0 Å². The van der Waals surface area contributed by atoms with Crippen molar-refractivity contribution in [1.29, 1.82) is 0 Å². The summed E-state index contributed by atoms with van der Waals surface area (Å²) in [6.07, 6.45) is 7.88. The lowest BCUT2D eigenvalue weighted by atomic mass is 9.92. The third kappa shape index (κ3) is 4.09. The Balaban J connectivity index is 2.97. The van der Waals surface area contributed by atoms with Crippen molar-refractivity contribution in [3.8, 4) is 0 Å². The van der Waals surface area contributed by atoms with Crippen molar-refractivity contribution in [2.45, 2.75) is 65.0 Å². The Labute approximate surface area is 122 Å². The lowest BCUT2D eigenvalue weighted by Gasteiger charge is -2.40. The predicted molar refractivity (Wildman–Crippen MR) is 79.2 cm³/mol. The molecule has 0 saturated heterocycles. The van der Waals surface area contributed by atoms with Gasteiger partial charge in [0.15, 0.2) is 5.78 Å². The summed E-state index contributed by atoms with van der Waals surface area (Å²) < 4.78 is 4.97. The number of rotatable bonds is 7. The van der Waals surface area contributed by atoms with Gasteiger partial charge in [0, 0.05) is 18.7 Å². The molecule has 0 amide bonds. The third-order valence-corrected chi connectivity index (χ3v) is 4.13. The van der Waals surface area contributed by atoms with Gasteiger partial charge in [-0.2, -0.15) is 0 Å². The molecular weight excluding hydrogens is 254 g/mol. The van der Waals surface area contributed by atoms with Gasteiger partial charge in [0.1, 0.15) is 6.04 Å². The number of unbranched alkanes of at least 4 members (excludes halogenated alkanes) is 1. The molecular formula is C16H27NO3. The first-order chi connectivity index (χ1) is 9.54. The maximum Gasteiger partial charge on any atom is 0.328 e. The second kappa shape index (κ2) is 8.08. The molecule has 0 aromatic rings. The van der Waals surface area contributed by atoms with Gasteiger partial charge < -0.3 is 9.64 Å². The van der Waals surface area contributed by atoms with Crippen molar-refractivity contribution >= 4 is 11.8 Å². The van der Waals surface area contributed by atoms with Gasteiger partial charge >= 0.3 is 5.97 Å². The molecule has 0 bridgehead atoms. The van der Waals surface area contributed by atoms with E-state index in [-0.39, 0.29) is 29.8 Å². The molecule has 114 valence electrons. The van der Waals surface area contributed by atoms with Crippen molar-refractivity contribution < 1.29 is 14.3 Å². The molecule has 0 aromatic carbocycles. The maximum atomic E-state index is 12.1. The molecule has 20 heavy (non-hydrogen) atoms. The van der Waals surface area contributed by atoms with Crippen molar-refractivity contribution in [2.75, 3.05) is 7.11 Å². The first-order valence-electron chi connectivity index (χ1n) is 7.61. The summed E-state index contributed by atoms with van der Waals surface area (Å²) in [5, 5.41) is 0. The fourth-order valence-corrected chi connectivity index (χ4v) is 2.70. The molecule has 0 radical (unpaired) electrons. The fraction of sp³-hybridized carbons (Fsp3) is 0.750. The minimum Gasteiger partial charge on any atom is -0.467 e. The highest BCUT2D eigenvalue weighted by Gasteiger charge is 2.35. The summed E-state index contributed by atoms with van der Waals surface area (Å²) in [5.41, 5.74) is 0. The number of carbonyl (C=O) groups is 2. The van der Waals surface area contributed by atoms with E-state index in [0.29, 0.717) is 6.42 Å². The largest absolute Gasteiger partial charge is 0.467 e. The summed E-state index contributed by atoms with van der Waals surface area (Å²) in [4.78, 5) is 25.8. The second-order valence-electron chi connectivity index (χ2n) is 5.58. The van der Waals surface area contributed by atoms with Crippen LogP contribution in [-0.4, -0.2) is 35.8 Å². The van der Waals surface area contributed by atoms with E-state index in [4.69, 9.17) is 4.74 Å². The topological polar surface area (TPSA) is 46.6 Å². The minimum absolute atomic E-state index is 0.116. The van der Waals surface area contributed by atoms with Gasteiger partial charge in [0.2, 0.25) is 0 Å². The van der Waals surface area contributed by atoms with Crippen LogP contribution in [-0.2, 0) is 14.3 Å². The first kappa shape index (κ1) is 16.7. The number of hydrogen-bond donors (Lipinski definition) is 0. The number of ether oxygens (including phenoxy) is 1. The second-order valence-corrected chi connectivity index (χ2v) is 5.58. The van der Waals surface area contributed by atoms with E-state index in [2.05, 4.69) is 25.7 Å². The van der Waals surface area contributed by atoms with Crippen LogP contribution in [0.15, 0.2) is 12.3 Å². The van der Waals surface area contributed by atoms with Crippen LogP contribution in [0, 0.1) is 5.92 Å².